The first kappa shape index (κ1) is 17.9. The van der Waals surface area contributed by atoms with Gasteiger partial charge in [0, 0.05) is 16.6 Å². The van der Waals surface area contributed by atoms with Crippen molar-refractivity contribution >= 4 is 11.8 Å². The van der Waals surface area contributed by atoms with Crippen molar-refractivity contribution in [3.05, 3.63) is 71.8 Å². The molecule has 4 heteroatoms. The molecule has 0 fully saturated rings. The molecule has 0 amide bonds. The standard InChI is InChI=1S/C20H22O4/c1-5-20(19(2,3)4)12-11-15(18(22)24-23)16(13-20)17(21)14-9-7-6-8-10-14/h5-12,23H,1,13H2,2-4H3. The Morgan fingerprint density at radius 2 is 1.88 bits per heavy atom. The Balaban J connectivity index is 2.58. The maximum atomic E-state index is 12.9. The predicted octanol–water partition coefficient (Wildman–Crippen LogP) is 4.36. The summed E-state index contributed by atoms with van der Waals surface area (Å²) in [5.41, 5.74) is 0.192. The fraction of sp³-hybridized carbons (Fsp3) is 0.300. The molecule has 0 bridgehead atoms. The van der Waals surface area contributed by atoms with Crippen molar-refractivity contribution in [3.8, 4) is 0 Å². The molecular weight excluding hydrogens is 304 g/mol. The molecule has 0 saturated heterocycles. The molecule has 1 aliphatic rings. The van der Waals surface area contributed by atoms with Crippen LogP contribution in [0.3, 0.4) is 0 Å². The van der Waals surface area contributed by atoms with Gasteiger partial charge in [0.15, 0.2) is 5.78 Å². The average molecular weight is 326 g/mol. The summed E-state index contributed by atoms with van der Waals surface area (Å²) in [5.74, 6) is -1.19. The van der Waals surface area contributed by atoms with Crippen molar-refractivity contribution in [2.24, 2.45) is 10.8 Å². The molecule has 24 heavy (non-hydrogen) atoms. The molecule has 0 spiro atoms. The van der Waals surface area contributed by atoms with Crippen LogP contribution in [0.1, 0.15) is 37.6 Å². The summed E-state index contributed by atoms with van der Waals surface area (Å²) in [4.78, 5) is 28.7. The van der Waals surface area contributed by atoms with Crippen LogP contribution < -0.4 is 0 Å². The van der Waals surface area contributed by atoms with Gasteiger partial charge in [0.25, 0.3) is 0 Å². The minimum Gasteiger partial charge on any atom is -0.295 e. The molecule has 2 rings (SSSR count). The lowest BCUT2D eigenvalue weighted by atomic mass is 9.60. The molecule has 1 unspecified atom stereocenters. The van der Waals surface area contributed by atoms with Gasteiger partial charge in [-0.25, -0.2) is 4.79 Å². The second-order valence-electron chi connectivity index (χ2n) is 6.97. The van der Waals surface area contributed by atoms with E-state index in [2.05, 4.69) is 32.2 Å². The first-order valence-electron chi connectivity index (χ1n) is 7.77. The van der Waals surface area contributed by atoms with E-state index >= 15 is 0 Å². The largest absolute Gasteiger partial charge is 0.373 e. The summed E-state index contributed by atoms with van der Waals surface area (Å²) in [6.45, 7) is 10.1. The van der Waals surface area contributed by atoms with Crippen molar-refractivity contribution < 1.29 is 19.7 Å². The number of benzene rings is 1. The van der Waals surface area contributed by atoms with Gasteiger partial charge in [-0.15, -0.1) is 6.58 Å². The highest BCUT2D eigenvalue weighted by Gasteiger charge is 2.42. The van der Waals surface area contributed by atoms with E-state index in [1.807, 2.05) is 18.2 Å². The van der Waals surface area contributed by atoms with Gasteiger partial charge in [0.2, 0.25) is 0 Å². The van der Waals surface area contributed by atoms with Gasteiger partial charge in [0.05, 0.1) is 5.57 Å². The minimum atomic E-state index is -0.933. The van der Waals surface area contributed by atoms with Crippen LogP contribution in [0.5, 0.6) is 0 Å². The Bertz CT molecular complexity index is 720. The molecule has 0 radical (unpaired) electrons. The van der Waals surface area contributed by atoms with Crippen LogP contribution in [0.4, 0.5) is 0 Å². The van der Waals surface area contributed by atoms with Crippen LogP contribution in [0.25, 0.3) is 0 Å². The molecule has 1 atom stereocenters. The molecule has 126 valence electrons. The summed E-state index contributed by atoms with van der Waals surface area (Å²) < 4.78 is 0. The molecule has 1 aromatic rings. The quantitative estimate of drug-likeness (QED) is 0.386. The molecule has 1 aromatic carbocycles. The van der Waals surface area contributed by atoms with Gasteiger partial charge < -0.3 is 0 Å². The third-order valence-electron chi connectivity index (χ3n) is 4.72. The van der Waals surface area contributed by atoms with Crippen molar-refractivity contribution in [1.29, 1.82) is 0 Å². The van der Waals surface area contributed by atoms with E-state index in [4.69, 9.17) is 5.26 Å². The zero-order valence-corrected chi connectivity index (χ0v) is 14.2. The van der Waals surface area contributed by atoms with Gasteiger partial charge in [-0.1, -0.05) is 69.3 Å². The Morgan fingerprint density at radius 1 is 1.25 bits per heavy atom. The summed E-state index contributed by atoms with van der Waals surface area (Å²) in [7, 11) is 0. The van der Waals surface area contributed by atoms with Crippen LogP contribution in [-0.4, -0.2) is 17.0 Å². The predicted molar refractivity (Wildman–Crippen MR) is 92.4 cm³/mol. The average Bonchev–Trinajstić information content (AvgIpc) is 2.59. The van der Waals surface area contributed by atoms with Crippen molar-refractivity contribution in [2.75, 3.05) is 0 Å². The number of hydrogen-bond donors (Lipinski definition) is 1. The van der Waals surface area contributed by atoms with Gasteiger partial charge in [-0.05, 0) is 11.8 Å². The first-order valence-corrected chi connectivity index (χ1v) is 7.77. The topological polar surface area (TPSA) is 63.6 Å². The van der Waals surface area contributed by atoms with Gasteiger partial charge in [0.1, 0.15) is 0 Å². The van der Waals surface area contributed by atoms with E-state index in [-0.39, 0.29) is 16.8 Å². The van der Waals surface area contributed by atoms with Crippen molar-refractivity contribution in [1.82, 2.24) is 0 Å². The molecule has 1 N–H and O–H groups in total. The highest BCUT2D eigenvalue weighted by molar-refractivity contribution is 6.14. The Labute approximate surface area is 142 Å². The fourth-order valence-corrected chi connectivity index (χ4v) is 2.95. The number of Topliss-reactive ketones (excluding diaryl/α,β-unsaturated/α-hetero) is 1. The highest BCUT2D eigenvalue weighted by Crippen LogP contribution is 2.49. The normalized spacial score (nSPS) is 20.7. The van der Waals surface area contributed by atoms with Crippen molar-refractivity contribution in [2.45, 2.75) is 27.2 Å². The zero-order valence-electron chi connectivity index (χ0n) is 14.2. The molecule has 0 heterocycles. The summed E-state index contributed by atoms with van der Waals surface area (Å²) in [5, 5.41) is 8.76. The second-order valence-corrected chi connectivity index (χ2v) is 6.97. The maximum absolute atomic E-state index is 12.9. The van der Waals surface area contributed by atoms with E-state index < -0.39 is 11.4 Å². The SMILES string of the molecule is C=CC1(C(C)(C)C)C=CC(C(=O)OO)=C(C(=O)c2ccccc2)C1. The van der Waals surface area contributed by atoms with E-state index in [0.717, 1.165) is 0 Å². The monoisotopic (exact) mass is 326 g/mol. The number of carbonyl (C=O) groups is 2. The van der Waals surface area contributed by atoms with Gasteiger partial charge >= 0.3 is 5.97 Å². The van der Waals surface area contributed by atoms with Crippen molar-refractivity contribution in [3.63, 3.8) is 0 Å². The number of hydrogen-bond acceptors (Lipinski definition) is 4. The lowest BCUT2D eigenvalue weighted by Gasteiger charge is -2.43. The van der Waals surface area contributed by atoms with E-state index in [1.165, 1.54) is 0 Å². The molecular formula is C20H22O4. The third-order valence-corrected chi connectivity index (χ3v) is 4.72. The lowest BCUT2D eigenvalue weighted by Crippen LogP contribution is -2.36. The molecule has 1 aliphatic carbocycles. The van der Waals surface area contributed by atoms with Gasteiger partial charge in [-0.2, -0.15) is 5.26 Å². The second kappa shape index (κ2) is 6.57. The third kappa shape index (κ3) is 3.10. The molecule has 0 aliphatic heterocycles. The number of ketones is 1. The highest BCUT2D eigenvalue weighted by atomic mass is 17.1. The maximum Gasteiger partial charge on any atom is 0.373 e. The van der Waals surface area contributed by atoms with Crippen LogP contribution >= 0.6 is 0 Å². The minimum absolute atomic E-state index is 0.0769. The van der Waals surface area contributed by atoms with Crippen LogP contribution in [0.15, 0.2) is 66.3 Å². The number of allylic oxidation sites excluding steroid dienone is 3. The summed E-state index contributed by atoms with van der Waals surface area (Å²) in [6, 6.07) is 8.74. The Hall–Kier alpha value is -2.46. The fourth-order valence-electron chi connectivity index (χ4n) is 2.95. The number of carbonyl (C=O) groups excluding carboxylic acids is 2. The van der Waals surface area contributed by atoms with E-state index in [9.17, 15) is 9.59 Å². The Morgan fingerprint density at radius 3 is 2.38 bits per heavy atom. The summed E-state index contributed by atoms with van der Waals surface area (Å²) in [6.07, 6.45) is 5.52. The first-order chi connectivity index (χ1) is 11.3. The van der Waals surface area contributed by atoms with Crippen LogP contribution in [0, 0.1) is 10.8 Å². The lowest BCUT2D eigenvalue weighted by molar-refractivity contribution is -0.229. The van der Waals surface area contributed by atoms with E-state index in [1.54, 1.807) is 30.3 Å². The molecule has 4 nitrogen and oxygen atoms in total. The smallest absolute Gasteiger partial charge is 0.295 e. The van der Waals surface area contributed by atoms with Crippen LogP contribution in [0.2, 0.25) is 0 Å². The van der Waals surface area contributed by atoms with E-state index in [0.29, 0.717) is 17.6 Å². The van der Waals surface area contributed by atoms with Gasteiger partial charge in [-0.3, -0.25) is 9.68 Å². The van der Waals surface area contributed by atoms with Crippen LogP contribution in [-0.2, 0) is 9.68 Å². The number of rotatable bonds is 4. The Kier molecular flexibility index (Phi) is 4.90. The summed E-state index contributed by atoms with van der Waals surface area (Å²) >= 11 is 0. The molecule has 0 aromatic heterocycles. The molecule has 0 saturated carbocycles. The zero-order chi connectivity index (χ0) is 18.0.